The number of hydrogen-bond acceptors (Lipinski definition) is 2. The Balaban J connectivity index is 1.75. The van der Waals surface area contributed by atoms with E-state index in [1.807, 2.05) is 49.4 Å². The van der Waals surface area contributed by atoms with Crippen molar-refractivity contribution >= 4 is 23.2 Å². The van der Waals surface area contributed by atoms with E-state index in [2.05, 4.69) is 19.2 Å². The van der Waals surface area contributed by atoms with E-state index < -0.39 is 0 Å². The lowest BCUT2D eigenvalue weighted by Gasteiger charge is -2.07. The van der Waals surface area contributed by atoms with E-state index in [-0.39, 0.29) is 11.7 Å². The fourth-order valence-electron chi connectivity index (χ4n) is 2.51. The van der Waals surface area contributed by atoms with E-state index in [1.165, 1.54) is 5.56 Å². The molecular weight excluding hydrogens is 334 g/mol. The number of hydrogen-bond donors (Lipinski definition) is 1. The minimum Gasteiger partial charge on any atom is -0.451 e. The highest BCUT2D eigenvalue weighted by Gasteiger charge is 2.13. The van der Waals surface area contributed by atoms with Gasteiger partial charge in [-0.15, -0.1) is 0 Å². The largest absolute Gasteiger partial charge is 0.451 e. The van der Waals surface area contributed by atoms with Gasteiger partial charge in [-0.25, -0.2) is 0 Å². The third-order valence-electron chi connectivity index (χ3n) is 4.12. The van der Waals surface area contributed by atoms with E-state index in [9.17, 15) is 4.79 Å². The minimum atomic E-state index is -0.276. The first-order chi connectivity index (χ1) is 11.9. The highest BCUT2D eigenvalue weighted by Crippen LogP contribution is 2.27. The summed E-state index contributed by atoms with van der Waals surface area (Å²) in [5.41, 5.74) is 3.82. The van der Waals surface area contributed by atoms with Crippen molar-refractivity contribution in [3.8, 4) is 11.3 Å². The molecule has 0 saturated heterocycles. The quantitative estimate of drug-likeness (QED) is 0.599. The molecule has 3 aromatic rings. The molecule has 0 aliphatic carbocycles. The van der Waals surface area contributed by atoms with Gasteiger partial charge in [0.1, 0.15) is 5.76 Å². The molecule has 0 bridgehead atoms. The van der Waals surface area contributed by atoms with Crippen LogP contribution in [-0.2, 0) is 0 Å². The molecule has 4 heteroatoms. The molecule has 0 fully saturated rings. The topological polar surface area (TPSA) is 42.2 Å². The molecule has 1 N–H and O–H groups in total. The zero-order chi connectivity index (χ0) is 18.0. The summed E-state index contributed by atoms with van der Waals surface area (Å²) in [5.74, 6) is 1.06. The zero-order valence-electron chi connectivity index (χ0n) is 14.5. The smallest absolute Gasteiger partial charge is 0.291 e. The fraction of sp³-hybridized carbons (Fsp3) is 0.190. The molecule has 1 aromatic heterocycles. The molecule has 0 saturated carbocycles. The van der Waals surface area contributed by atoms with Crippen LogP contribution in [0.25, 0.3) is 11.3 Å². The Morgan fingerprint density at radius 1 is 1.04 bits per heavy atom. The fourth-order valence-corrected chi connectivity index (χ4v) is 2.69. The van der Waals surface area contributed by atoms with Crippen LogP contribution in [0.3, 0.4) is 0 Å². The predicted molar refractivity (Wildman–Crippen MR) is 102 cm³/mol. The summed E-state index contributed by atoms with van der Waals surface area (Å²) in [6.45, 7) is 6.21. The molecule has 1 heterocycles. The lowest BCUT2D eigenvalue weighted by molar-refractivity contribution is 0.0997. The molecule has 0 radical (unpaired) electrons. The number of rotatable bonds is 4. The maximum Gasteiger partial charge on any atom is 0.291 e. The molecule has 0 aliphatic heterocycles. The maximum absolute atomic E-state index is 12.4. The van der Waals surface area contributed by atoms with Gasteiger partial charge in [0.25, 0.3) is 5.91 Å². The third kappa shape index (κ3) is 3.94. The first-order valence-corrected chi connectivity index (χ1v) is 8.59. The lowest BCUT2D eigenvalue weighted by Crippen LogP contribution is -2.10. The van der Waals surface area contributed by atoms with Crippen molar-refractivity contribution in [3.05, 3.63) is 76.5 Å². The van der Waals surface area contributed by atoms with Gasteiger partial charge in [-0.1, -0.05) is 49.7 Å². The van der Waals surface area contributed by atoms with Gasteiger partial charge in [-0.05, 0) is 54.3 Å². The Bertz CT molecular complexity index is 895. The number of carbonyl (C=O) groups excluding carboxylic acids is 1. The Kier molecular flexibility index (Phi) is 4.95. The van der Waals surface area contributed by atoms with Gasteiger partial charge >= 0.3 is 0 Å². The number of carbonyl (C=O) groups is 1. The van der Waals surface area contributed by atoms with Crippen LogP contribution in [0.5, 0.6) is 0 Å². The van der Waals surface area contributed by atoms with Crippen LogP contribution < -0.4 is 5.32 Å². The Hall–Kier alpha value is -2.52. The van der Waals surface area contributed by atoms with Crippen LogP contribution in [-0.4, -0.2) is 5.91 Å². The monoisotopic (exact) mass is 353 g/mol. The van der Waals surface area contributed by atoms with Gasteiger partial charge in [0.2, 0.25) is 0 Å². The summed E-state index contributed by atoms with van der Waals surface area (Å²) in [5, 5.41) is 3.52. The normalized spacial score (nSPS) is 10.9. The first-order valence-electron chi connectivity index (χ1n) is 8.21. The van der Waals surface area contributed by atoms with E-state index >= 15 is 0 Å². The molecule has 0 atom stereocenters. The first kappa shape index (κ1) is 17.3. The van der Waals surface area contributed by atoms with Crippen LogP contribution >= 0.6 is 11.6 Å². The van der Waals surface area contributed by atoms with Gasteiger partial charge in [0.15, 0.2) is 5.76 Å². The molecule has 128 valence electrons. The second-order valence-corrected chi connectivity index (χ2v) is 6.77. The molecule has 1 amide bonds. The second kappa shape index (κ2) is 7.16. The number of aryl methyl sites for hydroxylation is 1. The highest BCUT2D eigenvalue weighted by molar-refractivity contribution is 6.31. The molecule has 0 unspecified atom stereocenters. The number of halogens is 1. The average Bonchev–Trinajstić information content (AvgIpc) is 3.08. The summed E-state index contributed by atoms with van der Waals surface area (Å²) < 4.78 is 5.69. The zero-order valence-corrected chi connectivity index (χ0v) is 15.2. The van der Waals surface area contributed by atoms with Crippen LogP contribution in [0.15, 0.2) is 59.0 Å². The second-order valence-electron chi connectivity index (χ2n) is 6.36. The Morgan fingerprint density at radius 2 is 1.76 bits per heavy atom. The van der Waals surface area contributed by atoms with Crippen molar-refractivity contribution in [3.63, 3.8) is 0 Å². The van der Waals surface area contributed by atoms with Crippen molar-refractivity contribution in [2.24, 2.45) is 0 Å². The maximum atomic E-state index is 12.4. The standard InChI is InChI=1S/C21H20ClNO2/c1-13(2)15-6-8-17(9-7-15)23-21(24)20-11-10-19(25-20)16-5-4-14(3)18(22)12-16/h4-13H,1-3H3,(H,23,24). The number of nitrogens with one attached hydrogen (secondary N) is 1. The van der Waals surface area contributed by atoms with Crippen molar-refractivity contribution < 1.29 is 9.21 Å². The van der Waals surface area contributed by atoms with Crippen molar-refractivity contribution in [1.29, 1.82) is 0 Å². The summed E-state index contributed by atoms with van der Waals surface area (Å²) in [6.07, 6.45) is 0. The molecule has 0 spiro atoms. The summed E-state index contributed by atoms with van der Waals surface area (Å²) in [7, 11) is 0. The van der Waals surface area contributed by atoms with E-state index in [1.54, 1.807) is 12.1 Å². The molecule has 0 aliphatic rings. The van der Waals surface area contributed by atoms with Crippen molar-refractivity contribution in [2.45, 2.75) is 26.7 Å². The molecule has 3 nitrogen and oxygen atoms in total. The van der Waals surface area contributed by atoms with E-state index in [4.69, 9.17) is 16.0 Å². The number of furan rings is 1. The number of amides is 1. The SMILES string of the molecule is Cc1ccc(-c2ccc(C(=O)Nc3ccc(C(C)C)cc3)o2)cc1Cl. The Labute approximate surface area is 152 Å². The van der Waals surface area contributed by atoms with Crippen molar-refractivity contribution in [2.75, 3.05) is 5.32 Å². The highest BCUT2D eigenvalue weighted by atomic mass is 35.5. The summed E-state index contributed by atoms with van der Waals surface area (Å²) in [4.78, 5) is 12.4. The van der Waals surface area contributed by atoms with Crippen LogP contribution in [0.1, 0.15) is 41.4 Å². The van der Waals surface area contributed by atoms with Gasteiger partial charge in [0, 0.05) is 16.3 Å². The van der Waals surface area contributed by atoms with Crippen molar-refractivity contribution in [1.82, 2.24) is 0 Å². The molecule has 3 rings (SSSR count). The number of benzene rings is 2. The lowest BCUT2D eigenvalue weighted by atomic mass is 10.0. The van der Waals surface area contributed by atoms with E-state index in [0.717, 1.165) is 16.8 Å². The summed E-state index contributed by atoms with van der Waals surface area (Å²) in [6, 6.07) is 17.0. The van der Waals surface area contributed by atoms with Gasteiger partial charge in [-0.2, -0.15) is 0 Å². The molecular formula is C21H20ClNO2. The van der Waals surface area contributed by atoms with Gasteiger partial charge in [-0.3, -0.25) is 4.79 Å². The van der Waals surface area contributed by atoms with Crippen LogP contribution in [0.2, 0.25) is 5.02 Å². The third-order valence-corrected chi connectivity index (χ3v) is 4.53. The number of anilines is 1. The van der Waals surface area contributed by atoms with Crippen LogP contribution in [0, 0.1) is 6.92 Å². The molecule has 25 heavy (non-hydrogen) atoms. The van der Waals surface area contributed by atoms with Gasteiger partial charge in [0.05, 0.1) is 0 Å². The predicted octanol–water partition coefficient (Wildman–Crippen LogP) is 6.28. The van der Waals surface area contributed by atoms with Crippen LogP contribution in [0.4, 0.5) is 5.69 Å². The Morgan fingerprint density at radius 3 is 2.40 bits per heavy atom. The average molecular weight is 354 g/mol. The van der Waals surface area contributed by atoms with E-state index in [0.29, 0.717) is 16.7 Å². The van der Waals surface area contributed by atoms with Gasteiger partial charge < -0.3 is 9.73 Å². The summed E-state index contributed by atoms with van der Waals surface area (Å²) >= 11 is 6.15. The minimum absolute atomic E-state index is 0.264. The molecule has 2 aromatic carbocycles.